The van der Waals surface area contributed by atoms with Gasteiger partial charge in [0, 0.05) is 10.1 Å². The summed E-state index contributed by atoms with van der Waals surface area (Å²) in [6.07, 6.45) is 0. The third-order valence-electron chi connectivity index (χ3n) is 2.25. The van der Waals surface area contributed by atoms with Crippen LogP contribution in [0.1, 0.15) is 13.8 Å². The molecule has 0 atom stereocenters. The Bertz CT molecular complexity index is 504. The minimum atomic E-state index is 0.599. The van der Waals surface area contributed by atoms with Gasteiger partial charge in [-0.05, 0) is 36.4 Å². The van der Waals surface area contributed by atoms with Crippen molar-refractivity contribution in [2.45, 2.75) is 24.0 Å². The first-order chi connectivity index (χ1) is 8.74. The normalized spacial score (nSPS) is 11.3. The predicted octanol–water partition coefficient (Wildman–Crippen LogP) is 5.60. The smallest absolute Gasteiger partial charge is 0.0857 e. The van der Waals surface area contributed by atoms with Crippen LogP contribution in [0, 0.1) is 0 Å². The topological polar surface area (TPSA) is 24.7 Å². The van der Waals surface area contributed by atoms with Crippen LogP contribution in [0.4, 0.5) is 11.4 Å². The van der Waals surface area contributed by atoms with E-state index < -0.39 is 0 Å². The van der Waals surface area contributed by atoms with Gasteiger partial charge in [-0.25, -0.2) is 0 Å². The number of hydrogen-bond donors (Lipinski definition) is 0. The van der Waals surface area contributed by atoms with Crippen molar-refractivity contribution in [3.8, 4) is 0 Å². The molecule has 2 aromatic carbocycles. The second kappa shape index (κ2) is 6.36. The molecule has 0 fully saturated rings. The lowest BCUT2D eigenvalue weighted by atomic mass is 10.3. The zero-order valence-corrected chi connectivity index (χ0v) is 11.4. The predicted molar refractivity (Wildman–Crippen MR) is 78.1 cm³/mol. The van der Waals surface area contributed by atoms with E-state index in [4.69, 9.17) is 0 Å². The Balaban J connectivity index is 2.04. The largest absolute Gasteiger partial charge is 0.151 e. The molecule has 2 aromatic rings. The third kappa shape index (κ3) is 4.00. The highest BCUT2D eigenvalue weighted by Gasteiger charge is 1.98. The molecule has 0 heterocycles. The molecule has 0 aliphatic carbocycles. The highest BCUT2D eigenvalue weighted by molar-refractivity contribution is 7.99. The standard InChI is InChI=1S/C15H16N2S/c1-12(2)18-15-10-8-14(9-11-15)17-16-13-6-4-3-5-7-13/h3-12H,1-2H3. The van der Waals surface area contributed by atoms with Gasteiger partial charge in [0.15, 0.2) is 0 Å². The van der Waals surface area contributed by atoms with Gasteiger partial charge in [0.1, 0.15) is 0 Å². The van der Waals surface area contributed by atoms with Crippen molar-refractivity contribution < 1.29 is 0 Å². The minimum absolute atomic E-state index is 0.599. The first-order valence-corrected chi connectivity index (χ1v) is 6.85. The van der Waals surface area contributed by atoms with Gasteiger partial charge in [0.2, 0.25) is 0 Å². The summed E-state index contributed by atoms with van der Waals surface area (Å²) in [5, 5.41) is 9.00. The maximum Gasteiger partial charge on any atom is 0.0857 e. The van der Waals surface area contributed by atoms with Crippen LogP contribution in [-0.4, -0.2) is 5.25 Å². The first-order valence-electron chi connectivity index (χ1n) is 5.97. The zero-order chi connectivity index (χ0) is 12.8. The van der Waals surface area contributed by atoms with E-state index >= 15 is 0 Å². The van der Waals surface area contributed by atoms with Crippen molar-refractivity contribution in [1.82, 2.24) is 0 Å². The molecule has 0 spiro atoms. The maximum atomic E-state index is 4.21. The molecule has 0 saturated carbocycles. The van der Waals surface area contributed by atoms with Crippen molar-refractivity contribution in [2.24, 2.45) is 10.2 Å². The Kier molecular flexibility index (Phi) is 4.53. The van der Waals surface area contributed by atoms with Gasteiger partial charge in [-0.3, -0.25) is 0 Å². The molecule has 0 amide bonds. The number of thioether (sulfide) groups is 1. The lowest BCUT2D eigenvalue weighted by Crippen LogP contribution is -1.84. The van der Waals surface area contributed by atoms with E-state index in [1.165, 1.54) is 4.90 Å². The molecule has 0 N–H and O–H groups in total. The molecule has 0 saturated heterocycles. The molecule has 0 radical (unpaired) electrons. The summed E-state index contributed by atoms with van der Waals surface area (Å²) in [6, 6.07) is 17.9. The summed E-state index contributed by atoms with van der Waals surface area (Å²) in [6.45, 7) is 4.38. The molecule has 0 aromatic heterocycles. The Morgan fingerprint density at radius 2 is 1.33 bits per heavy atom. The quantitative estimate of drug-likeness (QED) is 0.516. The molecule has 0 aliphatic rings. The summed E-state index contributed by atoms with van der Waals surface area (Å²) in [4.78, 5) is 1.27. The third-order valence-corrected chi connectivity index (χ3v) is 3.26. The van der Waals surface area contributed by atoms with Crippen LogP contribution in [-0.2, 0) is 0 Å². The lowest BCUT2D eigenvalue weighted by molar-refractivity contribution is 1.11. The van der Waals surface area contributed by atoms with Crippen LogP contribution >= 0.6 is 11.8 Å². The Morgan fingerprint density at radius 3 is 1.89 bits per heavy atom. The summed E-state index contributed by atoms with van der Waals surface area (Å²) >= 11 is 1.85. The van der Waals surface area contributed by atoms with Crippen LogP contribution in [0.25, 0.3) is 0 Å². The molecule has 0 unspecified atom stereocenters. The van der Waals surface area contributed by atoms with E-state index in [9.17, 15) is 0 Å². The van der Waals surface area contributed by atoms with E-state index in [0.29, 0.717) is 5.25 Å². The van der Waals surface area contributed by atoms with Crippen molar-refractivity contribution in [2.75, 3.05) is 0 Å². The number of azo groups is 1. The Morgan fingerprint density at radius 1 is 0.778 bits per heavy atom. The molecule has 0 aliphatic heterocycles. The number of nitrogens with zero attached hydrogens (tertiary/aromatic N) is 2. The second-order valence-electron chi connectivity index (χ2n) is 4.20. The van der Waals surface area contributed by atoms with Crippen molar-refractivity contribution in [3.63, 3.8) is 0 Å². The molecular weight excluding hydrogens is 240 g/mol. The Hall–Kier alpha value is -1.61. The SMILES string of the molecule is CC(C)Sc1ccc(N=Nc2ccccc2)cc1. The summed E-state index contributed by atoms with van der Waals surface area (Å²) in [5.74, 6) is 0. The first kappa shape index (κ1) is 12.8. The van der Waals surface area contributed by atoms with Gasteiger partial charge < -0.3 is 0 Å². The van der Waals surface area contributed by atoms with Gasteiger partial charge in [-0.2, -0.15) is 10.2 Å². The van der Waals surface area contributed by atoms with Crippen LogP contribution in [0.5, 0.6) is 0 Å². The molecule has 0 bridgehead atoms. The van der Waals surface area contributed by atoms with Crippen molar-refractivity contribution in [3.05, 3.63) is 54.6 Å². The lowest BCUT2D eigenvalue weighted by Gasteiger charge is -2.03. The number of benzene rings is 2. The fourth-order valence-corrected chi connectivity index (χ4v) is 2.31. The van der Waals surface area contributed by atoms with Crippen molar-refractivity contribution >= 4 is 23.1 Å². The van der Waals surface area contributed by atoms with Crippen LogP contribution in [0.2, 0.25) is 0 Å². The molecule has 92 valence electrons. The van der Waals surface area contributed by atoms with Crippen LogP contribution < -0.4 is 0 Å². The molecule has 18 heavy (non-hydrogen) atoms. The fourth-order valence-electron chi connectivity index (χ4n) is 1.47. The second-order valence-corrected chi connectivity index (χ2v) is 5.85. The zero-order valence-electron chi connectivity index (χ0n) is 10.6. The van der Waals surface area contributed by atoms with Crippen LogP contribution in [0.3, 0.4) is 0 Å². The van der Waals surface area contributed by atoms with Gasteiger partial charge in [0.25, 0.3) is 0 Å². The minimum Gasteiger partial charge on any atom is -0.151 e. The highest BCUT2D eigenvalue weighted by Crippen LogP contribution is 2.25. The molecular formula is C15H16N2S. The van der Waals surface area contributed by atoms with E-state index in [1.807, 2.05) is 54.2 Å². The average Bonchev–Trinajstić information content (AvgIpc) is 2.38. The van der Waals surface area contributed by atoms with Crippen molar-refractivity contribution in [1.29, 1.82) is 0 Å². The van der Waals surface area contributed by atoms with Crippen LogP contribution in [0.15, 0.2) is 69.7 Å². The summed E-state index contributed by atoms with van der Waals surface area (Å²) in [7, 11) is 0. The van der Waals surface area contributed by atoms with Gasteiger partial charge >= 0.3 is 0 Å². The fraction of sp³-hybridized carbons (Fsp3) is 0.200. The maximum absolute atomic E-state index is 4.21. The summed E-state index contributed by atoms with van der Waals surface area (Å²) in [5.41, 5.74) is 1.75. The van der Waals surface area contributed by atoms with E-state index in [-0.39, 0.29) is 0 Å². The van der Waals surface area contributed by atoms with Gasteiger partial charge in [0.05, 0.1) is 11.4 Å². The highest BCUT2D eigenvalue weighted by atomic mass is 32.2. The molecule has 2 rings (SSSR count). The average molecular weight is 256 g/mol. The molecule has 3 heteroatoms. The van der Waals surface area contributed by atoms with Gasteiger partial charge in [-0.15, -0.1) is 11.8 Å². The Labute approximate surface area is 112 Å². The number of hydrogen-bond acceptors (Lipinski definition) is 3. The monoisotopic (exact) mass is 256 g/mol. The van der Waals surface area contributed by atoms with E-state index in [2.05, 4.69) is 36.2 Å². The van der Waals surface area contributed by atoms with E-state index in [1.54, 1.807) is 0 Å². The summed E-state index contributed by atoms with van der Waals surface area (Å²) < 4.78 is 0. The van der Waals surface area contributed by atoms with Gasteiger partial charge in [-0.1, -0.05) is 32.0 Å². The van der Waals surface area contributed by atoms with E-state index in [0.717, 1.165) is 11.4 Å². The molecule has 2 nitrogen and oxygen atoms in total. The number of rotatable bonds is 4.